The molecule has 0 bridgehead atoms. The molecule has 1 aliphatic rings. The second-order valence-corrected chi connectivity index (χ2v) is 12.9. The predicted molar refractivity (Wildman–Crippen MR) is 178 cm³/mol. The van der Waals surface area contributed by atoms with Crippen LogP contribution in [0.3, 0.4) is 0 Å². The minimum Gasteiger partial charge on any atom is -0.497 e. The normalized spacial score (nSPS) is 15.2. The van der Waals surface area contributed by atoms with Crippen LogP contribution in [0.4, 0.5) is 0 Å². The fraction of sp³-hybridized carbons (Fsp3) is 0.179. The van der Waals surface area contributed by atoms with Gasteiger partial charge in [-0.3, -0.25) is 0 Å². The Balaban J connectivity index is 1.25. The van der Waals surface area contributed by atoms with E-state index in [1.165, 1.54) is 14.7 Å². The Labute approximate surface area is 262 Å². The number of fused-ring (bicyclic) bond motifs is 1. The van der Waals surface area contributed by atoms with Crippen LogP contribution in [-0.4, -0.2) is 21.3 Å². The third kappa shape index (κ3) is 5.91. The van der Waals surface area contributed by atoms with Crippen LogP contribution >= 0.6 is 0 Å². The van der Waals surface area contributed by atoms with Gasteiger partial charge in [0.2, 0.25) is 5.79 Å². The Kier molecular flexibility index (Phi) is 8.89. The topological polar surface area (TPSA) is 36.9 Å². The average Bonchev–Trinajstić information content (AvgIpc) is 3.08. The summed E-state index contributed by atoms with van der Waals surface area (Å²) < 4.78 is 24.1. The number of benzene rings is 5. The summed E-state index contributed by atoms with van der Waals surface area (Å²) >= 11 is 0. The molecular formula is C39H37O4S+. The molecule has 5 aromatic carbocycles. The third-order valence-corrected chi connectivity index (χ3v) is 10.4. The molecule has 0 saturated carbocycles. The quantitative estimate of drug-likeness (QED) is 0.118. The van der Waals surface area contributed by atoms with Gasteiger partial charge in [0.05, 0.1) is 18.0 Å². The molecular weight excluding hydrogens is 564 g/mol. The molecule has 222 valence electrons. The standard InChI is InChI=1S/C39H37O4S/c1-28-25-31(39(41-3,42-4)32-17-15-30-27-34(40-2)19-16-29(30)26-32)18-24-38(28)43-33-20-22-37(23-21-33)44(35-11-7-5-8-12-35)36-13-9-6-10-14-36/h5-24,26-28H,25H2,1-4H3/q+1. The second kappa shape index (κ2) is 13.1. The van der Waals surface area contributed by atoms with E-state index in [0.29, 0.717) is 0 Å². The van der Waals surface area contributed by atoms with Gasteiger partial charge in [0.15, 0.2) is 14.7 Å². The monoisotopic (exact) mass is 601 g/mol. The lowest BCUT2D eigenvalue weighted by atomic mass is 9.85. The molecule has 0 spiro atoms. The van der Waals surface area contributed by atoms with Gasteiger partial charge in [0.1, 0.15) is 17.3 Å². The first kappa shape index (κ1) is 29.8. The minimum atomic E-state index is -1.00. The molecule has 4 nitrogen and oxygen atoms in total. The van der Waals surface area contributed by atoms with Gasteiger partial charge in [-0.2, -0.15) is 0 Å². The van der Waals surface area contributed by atoms with Crippen molar-refractivity contribution < 1.29 is 18.9 Å². The van der Waals surface area contributed by atoms with Gasteiger partial charge < -0.3 is 18.9 Å². The lowest BCUT2D eigenvalue weighted by Crippen LogP contribution is -2.35. The van der Waals surface area contributed by atoms with Gasteiger partial charge in [0, 0.05) is 25.7 Å². The van der Waals surface area contributed by atoms with E-state index in [1.54, 1.807) is 21.3 Å². The Morgan fingerprint density at radius 3 is 1.77 bits per heavy atom. The van der Waals surface area contributed by atoms with Gasteiger partial charge in [0.25, 0.3) is 0 Å². The molecule has 5 aromatic rings. The molecule has 0 amide bonds. The fourth-order valence-electron chi connectivity index (χ4n) is 5.85. The molecule has 0 aliphatic heterocycles. The molecule has 1 aliphatic carbocycles. The highest BCUT2D eigenvalue weighted by Crippen LogP contribution is 2.42. The predicted octanol–water partition coefficient (Wildman–Crippen LogP) is 9.32. The molecule has 0 N–H and O–H groups in total. The van der Waals surface area contributed by atoms with Crippen molar-refractivity contribution in [1.29, 1.82) is 0 Å². The van der Waals surface area contributed by atoms with Crippen molar-refractivity contribution >= 4 is 21.7 Å². The molecule has 0 aromatic heterocycles. The summed E-state index contributed by atoms with van der Waals surface area (Å²) in [5.74, 6) is 1.70. The van der Waals surface area contributed by atoms with Gasteiger partial charge in [-0.1, -0.05) is 67.6 Å². The van der Waals surface area contributed by atoms with Gasteiger partial charge >= 0.3 is 0 Å². The number of methoxy groups -OCH3 is 3. The maximum Gasteiger partial charge on any atom is 0.218 e. The molecule has 0 radical (unpaired) electrons. The zero-order valence-electron chi connectivity index (χ0n) is 25.5. The van der Waals surface area contributed by atoms with Gasteiger partial charge in [-0.15, -0.1) is 0 Å². The molecule has 44 heavy (non-hydrogen) atoms. The van der Waals surface area contributed by atoms with E-state index in [0.717, 1.165) is 45.6 Å². The third-order valence-electron chi connectivity index (χ3n) is 8.14. The largest absolute Gasteiger partial charge is 0.497 e. The molecule has 0 heterocycles. The van der Waals surface area contributed by atoms with E-state index in [1.807, 2.05) is 12.1 Å². The Morgan fingerprint density at radius 1 is 0.614 bits per heavy atom. The average molecular weight is 602 g/mol. The van der Waals surface area contributed by atoms with E-state index in [-0.39, 0.29) is 16.8 Å². The Morgan fingerprint density at radius 2 is 1.18 bits per heavy atom. The Hall–Kier alpha value is -4.29. The molecule has 1 atom stereocenters. The first-order valence-corrected chi connectivity index (χ1v) is 16.0. The van der Waals surface area contributed by atoms with Crippen molar-refractivity contribution in [3.05, 3.63) is 150 Å². The molecule has 0 fully saturated rings. The minimum absolute atomic E-state index is 0.132. The second-order valence-electron chi connectivity index (χ2n) is 10.8. The molecule has 1 unspecified atom stereocenters. The fourth-order valence-corrected chi connectivity index (χ4v) is 7.93. The first-order valence-electron chi connectivity index (χ1n) is 14.8. The molecule has 6 rings (SSSR count). The van der Waals surface area contributed by atoms with Crippen molar-refractivity contribution in [2.75, 3.05) is 21.3 Å². The van der Waals surface area contributed by atoms with Crippen molar-refractivity contribution in [2.45, 2.75) is 33.8 Å². The van der Waals surface area contributed by atoms with Gasteiger partial charge in [-0.05, 0) is 95.6 Å². The van der Waals surface area contributed by atoms with Crippen LogP contribution in [0, 0.1) is 5.92 Å². The summed E-state index contributed by atoms with van der Waals surface area (Å²) in [5.41, 5.74) is 1.99. The summed E-state index contributed by atoms with van der Waals surface area (Å²) in [4.78, 5) is 3.83. The Bertz CT molecular complexity index is 1740. The zero-order chi connectivity index (χ0) is 30.5. The highest BCUT2D eigenvalue weighted by atomic mass is 32.2. The van der Waals surface area contributed by atoms with Crippen LogP contribution in [0.25, 0.3) is 10.8 Å². The van der Waals surface area contributed by atoms with Crippen molar-refractivity contribution in [3.8, 4) is 11.5 Å². The summed E-state index contributed by atoms with van der Waals surface area (Å²) in [7, 11) is 4.88. The van der Waals surface area contributed by atoms with Crippen LogP contribution < -0.4 is 9.47 Å². The summed E-state index contributed by atoms with van der Waals surface area (Å²) in [6.45, 7) is 2.18. The van der Waals surface area contributed by atoms with E-state index in [4.69, 9.17) is 18.9 Å². The molecule has 5 heteroatoms. The van der Waals surface area contributed by atoms with Gasteiger partial charge in [-0.25, -0.2) is 0 Å². The lowest BCUT2D eigenvalue weighted by molar-refractivity contribution is -0.189. The maximum absolute atomic E-state index is 6.45. The van der Waals surface area contributed by atoms with E-state index in [9.17, 15) is 0 Å². The van der Waals surface area contributed by atoms with Crippen molar-refractivity contribution in [1.82, 2.24) is 0 Å². The van der Waals surface area contributed by atoms with Crippen LogP contribution in [0.2, 0.25) is 0 Å². The van der Waals surface area contributed by atoms with Crippen molar-refractivity contribution in [2.24, 2.45) is 5.92 Å². The van der Waals surface area contributed by atoms with Crippen molar-refractivity contribution in [3.63, 3.8) is 0 Å². The summed E-state index contributed by atoms with van der Waals surface area (Å²) in [5, 5.41) is 2.19. The van der Waals surface area contributed by atoms with Crippen LogP contribution in [-0.2, 0) is 26.2 Å². The number of hydrogen-bond donors (Lipinski definition) is 0. The van der Waals surface area contributed by atoms with Crippen LogP contribution in [0.15, 0.2) is 159 Å². The highest BCUT2D eigenvalue weighted by Gasteiger charge is 2.39. The highest BCUT2D eigenvalue weighted by molar-refractivity contribution is 7.97. The van der Waals surface area contributed by atoms with Crippen LogP contribution in [0.1, 0.15) is 18.9 Å². The maximum atomic E-state index is 6.45. The summed E-state index contributed by atoms with van der Waals surface area (Å²) in [6, 6.07) is 42.2. The number of allylic oxidation sites excluding steroid dienone is 3. The number of hydrogen-bond acceptors (Lipinski definition) is 4. The number of ether oxygens (including phenoxy) is 4. The van der Waals surface area contributed by atoms with Crippen LogP contribution in [0.5, 0.6) is 11.5 Å². The zero-order valence-corrected chi connectivity index (χ0v) is 26.3. The van der Waals surface area contributed by atoms with E-state index < -0.39 is 5.79 Å². The van der Waals surface area contributed by atoms with E-state index >= 15 is 0 Å². The lowest BCUT2D eigenvalue weighted by Gasteiger charge is -2.36. The first-order chi connectivity index (χ1) is 21.5. The van der Waals surface area contributed by atoms with E-state index in [2.05, 4.69) is 128 Å². The summed E-state index contributed by atoms with van der Waals surface area (Å²) in [6.07, 6.45) is 4.86. The number of rotatable bonds is 10. The molecule has 0 saturated heterocycles. The smallest absolute Gasteiger partial charge is 0.218 e. The SMILES string of the molecule is COc1ccc2cc(C(OC)(OC)C3=CC=C(Oc4ccc([S+](c5ccccc5)c5ccccc5)cc4)C(C)C3)ccc2c1.